The summed E-state index contributed by atoms with van der Waals surface area (Å²) in [4.78, 5) is 3.98. The van der Waals surface area contributed by atoms with Crippen LogP contribution in [0.5, 0.6) is 0 Å². The molecule has 1 aromatic heterocycles. The number of nitrogens with one attached hydrogen (secondary N) is 2. The van der Waals surface area contributed by atoms with Crippen LogP contribution in [0.15, 0.2) is 24.5 Å². The van der Waals surface area contributed by atoms with Crippen LogP contribution in [0, 0.1) is 11.8 Å². The summed E-state index contributed by atoms with van der Waals surface area (Å²) in [6.45, 7) is 0. The number of nitrogens with zero attached hydrogens (tertiary/aromatic N) is 1. The van der Waals surface area contributed by atoms with E-state index >= 15 is 0 Å². The average molecular weight is 247 g/mol. The summed E-state index contributed by atoms with van der Waals surface area (Å²) in [7, 11) is 0. The van der Waals surface area contributed by atoms with E-state index in [1.165, 1.54) is 25.7 Å². The van der Waals surface area contributed by atoms with Gasteiger partial charge in [-0.25, -0.2) is 0 Å². The quantitative estimate of drug-likeness (QED) is 0.788. The van der Waals surface area contributed by atoms with Crippen LogP contribution in [0.3, 0.4) is 0 Å². The minimum Gasteiger partial charge on any atom is -0.359 e. The predicted molar refractivity (Wildman–Crippen MR) is 72.8 cm³/mol. The zero-order valence-corrected chi connectivity index (χ0v) is 10.5. The number of rotatable bonds is 2. The molecule has 90 valence electrons. The van der Waals surface area contributed by atoms with Crippen LogP contribution in [-0.2, 0) is 0 Å². The van der Waals surface area contributed by atoms with Gasteiger partial charge in [0.05, 0.1) is 0 Å². The number of pyridine rings is 1. The molecule has 3 nitrogen and oxygen atoms in total. The Morgan fingerprint density at radius 1 is 1.24 bits per heavy atom. The first-order valence-electron chi connectivity index (χ1n) is 6.29. The summed E-state index contributed by atoms with van der Waals surface area (Å²) in [6.07, 6.45) is 9.02. The number of anilines is 1. The normalized spacial score (nSPS) is 30.2. The number of hydrogen-bond donors (Lipinski definition) is 2. The molecule has 3 rings (SSSR count). The SMILES string of the molecule is S=C(Nc1ccncc1)N[C@@H]1C[C@H]2CC[C@@H]1C2. The molecule has 0 aromatic carbocycles. The average Bonchev–Trinajstić information content (AvgIpc) is 2.92. The number of thiocarbonyl (C=S) groups is 1. The van der Waals surface area contributed by atoms with Crippen LogP contribution in [0.2, 0.25) is 0 Å². The third-order valence-corrected chi connectivity index (χ3v) is 4.21. The predicted octanol–water partition coefficient (Wildman–Crippen LogP) is 2.56. The van der Waals surface area contributed by atoms with Gasteiger partial charge in [-0.15, -0.1) is 0 Å². The van der Waals surface area contributed by atoms with Crippen molar-refractivity contribution in [2.45, 2.75) is 31.7 Å². The molecule has 0 aliphatic heterocycles. The molecule has 2 saturated carbocycles. The molecule has 0 unspecified atom stereocenters. The Morgan fingerprint density at radius 3 is 2.71 bits per heavy atom. The summed E-state index contributed by atoms with van der Waals surface area (Å²) in [6, 6.07) is 4.44. The van der Waals surface area contributed by atoms with Gasteiger partial charge in [0.1, 0.15) is 0 Å². The van der Waals surface area contributed by atoms with Crippen LogP contribution in [0.25, 0.3) is 0 Å². The maximum atomic E-state index is 5.35. The fraction of sp³-hybridized carbons (Fsp3) is 0.538. The van der Waals surface area contributed by atoms with Crippen LogP contribution >= 0.6 is 12.2 Å². The van der Waals surface area contributed by atoms with Gasteiger partial charge in [0.15, 0.2) is 5.11 Å². The Kier molecular flexibility index (Phi) is 2.97. The van der Waals surface area contributed by atoms with E-state index in [0.717, 1.165) is 22.6 Å². The summed E-state index contributed by atoms with van der Waals surface area (Å²) in [5.41, 5.74) is 1.00. The highest BCUT2D eigenvalue weighted by Crippen LogP contribution is 2.44. The van der Waals surface area contributed by atoms with E-state index in [4.69, 9.17) is 12.2 Å². The molecule has 0 spiro atoms. The zero-order valence-electron chi connectivity index (χ0n) is 9.73. The highest BCUT2D eigenvalue weighted by molar-refractivity contribution is 7.80. The van der Waals surface area contributed by atoms with Crippen molar-refractivity contribution in [3.63, 3.8) is 0 Å². The van der Waals surface area contributed by atoms with Crippen molar-refractivity contribution in [1.82, 2.24) is 10.3 Å². The Balaban J connectivity index is 1.54. The van der Waals surface area contributed by atoms with Crippen molar-refractivity contribution in [3.05, 3.63) is 24.5 Å². The van der Waals surface area contributed by atoms with Crippen LogP contribution in [0.4, 0.5) is 5.69 Å². The van der Waals surface area contributed by atoms with E-state index in [1.807, 2.05) is 12.1 Å². The third-order valence-electron chi connectivity index (χ3n) is 3.99. The highest BCUT2D eigenvalue weighted by Gasteiger charge is 2.39. The maximum absolute atomic E-state index is 5.35. The molecule has 2 N–H and O–H groups in total. The first-order chi connectivity index (χ1) is 8.31. The van der Waals surface area contributed by atoms with Gasteiger partial charge < -0.3 is 10.6 Å². The van der Waals surface area contributed by atoms with E-state index in [1.54, 1.807) is 12.4 Å². The summed E-state index contributed by atoms with van der Waals surface area (Å²) >= 11 is 5.35. The Bertz CT molecular complexity index is 406. The lowest BCUT2D eigenvalue weighted by Crippen LogP contribution is -2.40. The minimum absolute atomic E-state index is 0.593. The maximum Gasteiger partial charge on any atom is 0.171 e. The molecule has 2 aliphatic rings. The van der Waals surface area contributed by atoms with Gasteiger partial charge >= 0.3 is 0 Å². The van der Waals surface area contributed by atoms with Crippen LogP contribution in [-0.4, -0.2) is 16.1 Å². The molecule has 0 radical (unpaired) electrons. The molecule has 4 heteroatoms. The monoisotopic (exact) mass is 247 g/mol. The van der Waals surface area contributed by atoms with Gasteiger partial charge in [-0.1, -0.05) is 6.42 Å². The molecule has 17 heavy (non-hydrogen) atoms. The lowest BCUT2D eigenvalue weighted by atomic mass is 9.96. The second-order valence-electron chi connectivity index (χ2n) is 5.12. The van der Waals surface area contributed by atoms with Gasteiger partial charge in [0.2, 0.25) is 0 Å². The first kappa shape index (κ1) is 11.0. The molecule has 2 bridgehead atoms. The molecule has 0 amide bonds. The molecule has 3 atom stereocenters. The highest BCUT2D eigenvalue weighted by atomic mass is 32.1. The zero-order chi connectivity index (χ0) is 11.7. The standard InChI is InChI=1S/C13H17N3S/c17-13(15-11-3-5-14-6-4-11)16-12-8-9-1-2-10(12)7-9/h3-6,9-10,12H,1-2,7-8H2,(H2,14,15,16,17)/t9-,10+,12+/m0/s1. The number of hydrogen-bond acceptors (Lipinski definition) is 2. The second kappa shape index (κ2) is 4.61. The van der Waals surface area contributed by atoms with E-state index < -0.39 is 0 Å². The fourth-order valence-electron chi connectivity index (χ4n) is 3.19. The summed E-state index contributed by atoms with van der Waals surface area (Å²) < 4.78 is 0. The van der Waals surface area contributed by atoms with E-state index in [-0.39, 0.29) is 0 Å². The topological polar surface area (TPSA) is 37.0 Å². The lowest BCUT2D eigenvalue weighted by Gasteiger charge is -2.24. The van der Waals surface area contributed by atoms with Gasteiger partial charge in [-0.2, -0.15) is 0 Å². The first-order valence-corrected chi connectivity index (χ1v) is 6.69. The van der Waals surface area contributed by atoms with Gasteiger partial charge in [0, 0.05) is 24.1 Å². The fourth-order valence-corrected chi connectivity index (χ4v) is 3.46. The van der Waals surface area contributed by atoms with Crippen molar-refractivity contribution in [2.75, 3.05) is 5.32 Å². The van der Waals surface area contributed by atoms with Crippen LogP contribution in [0.1, 0.15) is 25.7 Å². The van der Waals surface area contributed by atoms with Gasteiger partial charge in [-0.05, 0) is 55.4 Å². The van der Waals surface area contributed by atoms with Gasteiger partial charge in [-0.3, -0.25) is 4.98 Å². The van der Waals surface area contributed by atoms with E-state index in [0.29, 0.717) is 6.04 Å². The molecule has 2 aliphatic carbocycles. The second-order valence-corrected chi connectivity index (χ2v) is 5.52. The summed E-state index contributed by atoms with van der Waals surface area (Å²) in [5.74, 6) is 1.79. The molecule has 2 fully saturated rings. The number of fused-ring (bicyclic) bond motifs is 2. The molecule has 0 saturated heterocycles. The largest absolute Gasteiger partial charge is 0.359 e. The van der Waals surface area contributed by atoms with Crippen molar-refractivity contribution < 1.29 is 0 Å². The molecule has 1 heterocycles. The van der Waals surface area contributed by atoms with Crippen molar-refractivity contribution >= 4 is 23.0 Å². The van der Waals surface area contributed by atoms with E-state index in [2.05, 4.69) is 15.6 Å². The van der Waals surface area contributed by atoms with Crippen molar-refractivity contribution in [3.8, 4) is 0 Å². The Morgan fingerprint density at radius 2 is 2.06 bits per heavy atom. The smallest absolute Gasteiger partial charge is 0.171 e. The van der Waals surface area contributed by atoms with E-state index in [9.17, 15) is 0 Å². The van der Waals surface area contributed by atoms with Gasteiger partial charge in [0.25, 0.3) is 0 Å². The minimum atomic E-state index is 0.593. The molecule has 1 aromatic rings. The molecular weight excluding hydrogens is 230 g/mol. The number of aromatic nitrogens is 1. The van der Waals surface area contributed by atoms with Crippen molar-refractivity contribution in [2.24, 2.45) is 11.8 Å². The van der Waals surface area contributed by atoms with Crippen molar-refractivity contribution in [1.29, 1.82) is 0 Å². The Labute approximate surface area is 107 Å². The molecular formula is C13H17N3S. The lowest BCUT2D eigenvalue weighted by molar-refractivity contribution is 0.392. The Hall–Kier alpha value is -1.16. The van der Waals surface area contributed by atoms with Crippen LogP contribution < -0.4 is 10.6 Å². The summed E-state index contributed by atoms with van der Waals surface area (Å²) in [5, 5.41) is 7.41. The third kappa shape index (κ3) is 2.41.